The van der Waals surface area contributed by atoms with Crippen LogP contribution in [0.1, 0.15) is 29.8 Å². The summed E-state index contributed by atoms with van der Waals surface area (Å²) in [6.07, 6.45) is 2.92. The van der Waals surface area contributed by atoms with Crippen LogP contribution >= 0.6 is 21.6 Å². The smallest absolute Gasteiger partial charge is 0.260 e. The summed E-state index contributed by atoms with van der Waals surface area (Å²) < 4.78 is 5.29. The molecule has 0 aromatic heterocycles. The van der Waals surface area contributed by atoms with Gasteiger partial charge in [-0.15, -0.1) is 0 Å². The van der Waals surface area contributed by atoms with E-state index in [1.165, 1.54) is 12.7 Å². The predicted octanol–water partition coefficient (Wildman–Crippen LogP) is 4.58. The number of phenols is 1. The van der Waals surface area contributed by atoms with E-state index in [1.54, 1.807) is 22.9 Å². The second-order valence-corrected chi connectivity index (χ2v) is 11.2. The third-order valence-electron chi connectivity index (χ3n) is 5.47. The minimum Gasteiger partial charge on any atom is -0.504 e. The normalized spacial score (nSPS) is 18.2. The zero-order chi connectivity index (χ0) is 20.8. The van der Waals surface area contributed by atoms with Crippen LogP contribution in [-0.4, -0.2) is 48.3 Å². The van der Waals surface area contributed by atoms with Crippen molar-refractivity contribution in [2.24, 2.45) is 0 Å². The van der Waals surface area contributed by atoms with Gasteiger partial charge in [-0.25, -0.2) is 0 Å². The van der Waals surface area contributed by atoms with Gasteiger partial charge in [0.15, 0.2) is 11.5 Å². The first-order chi connectivity index (χ1) is 13.8. The number of benzene rings is 2. The largest absolute Gasteiger partial charge is 0.504 e. The lowest BCUT2D eigenvalue weighted by Crippen LogP contribution is -2.45. The van der Waals surface area contributed by atoms with E-state index in [4.69, 9.17) is 4.74 Å². The molecule has 1 atom stereocenters. The maximum Gasteiger partial charge on any atom is 0.260 e. The van der Waals surface area contributed by atoms with Gasteiger partial charge in [-0.1, -0.05) is 39.8 Å². The topological polar surface area (TPSA) is 53.0 Å². The molecule has 154 valence electrons. The summed E-state index contributed by atoms with van der Waals surface area (Å²) in [6, 6.07) is 11.6. The Kier molecular flexibility index (Phi) is 5.38. The molecular formula is C22H26N2O3S2. The SMILES string of the molecule is COc1cc2c(cc1O)N(CC(C)(C)SSC)C[C@@H]1Cc3ccccc3N1C2=O. The van der Waals surface area contributed by atoms with Crippen LogP contribution in [0.15, 0.2) is 36.4 Å². The van der Waals surface area contributed by atoms with E-state index in [0.29, 0.717) is 11.3 Å². The van der Waals surface area contributed by atoms with Crippen molar-refractivity contribution in [3.8, 4) is 11.5 Å². The Labute approximate surface area is 179 Å². The zero-order valence-electron chi connectivity index (χ0n) is 17.1. The quantitative estimate of drug-likeness (QED) is 0.701. The van der Waals surface area contributed by atoms with Crippen molar-refractivity contribution in [2.75, 3.05) is 36.3 Å². The molecule has 2 aromatic rings. The van der Waals surface area contributed by atoms with Gasteiger partial charge in [0.25, 0.3) is 5.91 Å². The number of ether oxygens (including phenoxy) is 1. The summed E-state index contributed by atoms with van der Waals surface area (Å²) in [4.78, 5) is 17.8. The molecule has 0 saturated carbocycles. The number of anilines is 2. The lowest BCUT2D eigenvalue weighted by atomic mass is 10.1. The molecular weight excluding hydrogens is 404 g/mol. The zero-order valence-corrected chi connectivity index (χ0v) is 18.8. The minimum absolute atomic E-state index is 0.0179. The lowest BCUT2D eigenvalue weighted by molar-refractivity contribution is 0.0983. The molecule has 0 radical (unpaired) electrons. The molecule has 29 heavy (non-hydrogen) atoms. The highest BCUT2D eigenvalue weighted by atomic mass is 33.1. The van der Waals surface area contributed by atoms with E-state index in [-0.39, 0.29) is 22.4 Å². The maximum absolute atomic E-state index is 13.7. The van der Waals surface area contributed by atoms with Gasteiger partial charge in [-0.2, -0.15) is 0 Å². The average molecular weight is 431 g/mol. The van der Waals surface area contributed by atoms with Crippen LogP contribution in [0.4, 0.5) is 11.4 Å². The van der Waals surface area contributed by atoms with Crippen LogP contribution in [0.3, 0.4) is 0 Å². The highest BCUT2D eigenvalue weighted by Crippen LogP contribution is 2.43. The number of hydrogen-bond donors (Lipinski definition) is 1. The Morgan fingerprint density at radius 2 is 2.00 bits per heavy atom. The fraction of sp³-hybridized carbons (Fsp3) is 0.409. The molecule has 2 aliphatic rings. The van der Waals surface area contributed by atoms with E-state index >= 15 is 0 Å². The molecule has 2 aromatic carbocycles. The third-order valence-corrected chi connectivity index (χ3v) is 8.07. The molecule has 5 nitrogen and oxygen atoms in total. The molecule has 1 N–H and O–H groups in total. The molecule has 1 amide bonds. The van der Waals surface area contributed by atoms with Gasteiger partial charge in [0.05, 0.1) is 24.4 Å². The van der Waals surface area contributed by atoms with Crippen molar-refractivity contribution in [3.05, 3.63) is 47.5 Å². The number of carbonyl (C=O) groups is 1. The van der Waals surface area contributed by atoms with E-state index in [9.17, 15) is 9.90 Å². The van der Waals surface area contributed by atoms with Crippen LogP contribution in [0.25, 0.3) is 0 Å². The number of methoxy groups -OCH3 is 1. The Bertz CT molecular complexity index is 948. The number of carbonyl (C=O) groups excluding carboxylic acids is 1. The number of hydrogen-bond acceptors (Lipinski definition) is 6. The summed E-state index contributed by atoms with van der Waals surface area (Å²) in [5.41, 5.74) is 3.54. The number of nitrogens with zero attached hydrogens (tertiary/aromatic N) is 2. The Morgan fingerprint density at radius 3 is 2.72 bits per heavy atom. The third kappa shape index (κ3) is 3.66. The van der Waals surface area contributed by atoms with Gasteiger partial charge >= 0.3 is 0 Å². The first-order valence-corrected chi connectivity index (χ1v) is 12.2. The van der Waals surface area contributed by atoms with E-state index in [1.807, 2.05) is 33.9 Å². The standard InChI is InChI=1S/C22H26N2O3S2/c1-22(2,29-28-4)13-23-12-15-9-14-7-5-6-8-17(14)24(15)21(26)16-10-20(27-3)19(25)11-18(16)23/h5-8,10-11,15,25H,9,12-13H2,1-4H3/t15-/m0/s1. The van der Waals surface area contributed by atoms with Crippen molar-refractivity contribution in [3.63, 3.8) is 0 Å². The van der Waals surface area contributed by atoms with Crippen LogP contribution in [0, 0.1) is 0 Å². The van der Waals surface area contributed by atoms with Crippen molar-refractivity contribution in [1.29, 1.82) is 0 Å². The van der Waals surface area contributed by atoms with Gasteiger partial charge in [0.1, 0.15) is 0 Å². The van der Waals surface area contributed by atoms with Gasteiger partial charge in [0, 0.05) is 29.6 Å². The van der Waals surface area contributed by atoms with Crippen molar-refractivity contribution < 1.29 is 14.6 Å². The molecule has 0 spiro atoms. The molecule has 0 bridgehead atoms. The average Bonchev–Trinajstić information content (AvgIpc) is 2.99. The lowest BCUT2D eigenvalue weighted by Gasteiger charge is -2.34. The van der Waals surface area contributed by atoms with Gasteiger partial charge in [0.2, 0.25) is 0 Å². The molecule has 4 rings (SSSR count). The molecule has 2 aliphatic heterocycles. The first kappa shape index (κ1) is 20.3. The van der Waals surface area contributed by atoms with E-state index < -0.39 is 0 Å². The first-order valence-electron chi connectivity index (χ1n) is 9.64. The van der Waals surface area contributed by atoms with Crippen molar-refractivity contribution in [1.82, 2.24) is 0 Å². The predicted molar refractivity (Wildman–Crippen MR) is 123 cm³/mol. The van der Waals surface area contributed by atoms with E-state index in [2.05, 4.69) is 31.1 Å². The Morgan fingerprint density at radius 1 is 1.24 bits per heavy atom. The van der Waals surface area contributed by atoms with Crippen LogP contribution in [0.5, 0.6) is 11.5 Å². The molecule has 0 aliphatic carbocycles. The number of para-hydroxylation sites is 1. The summed E-state index contributed by atoms with van der Waals surface area (Å²) in [7, 11) is 5.08. The number of rotatable bonds is 5. The van der Waals surface area contributed by atoms with Crippen LogP contribution in [-0.2, 0) is 6.42 Å². The van der Waals surface area contributed by atoms with Gasteiger partial charge in [-0.3, -0.25) is 4.79 Å². The molecule has 0 saturated heterocycles. The monoisotopic (exact) mass is 430 g/mol. The fourth-order valence-electron chi connectivity index (χ4n) is 4.38. The highest BCUT2D eigenvalue weighted by Gasteiger charge is 2.41. The number of phenolic OH excluding ortho intramolecular Hbond substituents is 1. The number of amides is 1. The Hall–Kier alpha value is -1.99. The second kappa shape index (κ2) is 7.69. The number of fused-ring (bicyclic) bond motifs is 4. The second-order valence-electron chi connectivity index (χ2n) is 8.09. The van der Waals surface area contributed by atoms with Gasteiger partial charge < -0.3 is 19.6 Å². The van der Waals surface area contributed by atoms with E-state index in [0.717, 1.165) is 30.9 Å². The summed E-state index contributed by atoms with van der Waals surface area (Å²) in [5, 5.41) is 10.4. The van der Waals surface area contributed by atoms with Gasteiger partial charge in [-0.05, 0) is 44.2 Å². The maximum atomic E-state index is 13.7. The van der Waals surface area contributed by atoms with Crippen LogP contribution < -0.4 is 14.5 Å². The summed E-state index contributed by atoms with van der Waals surface area (Å²) in [6.45, 7) is 5.92. The molecule has 0 fully saturated rings. The molecule has 7 heteroatoms. The molecule has 2 heterocycles. The fourth-order valence-corrected chi connectivity index (χ4v) is 6.55. The summed E-state index contributed by atoms with van der Waals surface area (Å²) in [5.74, 6) is 0.341. The summed E-state index contributed by atoms with van der Waals surface area (Å²) >= 11 is 0. The highest BCUT2D eigenvalue weighted by molar-refractivity contribution is 8.77. The number of aromatic hydroxyl groups is 1. The Balaban J connectivity index is 1.83. The molecule has 0 unspecified atom stereocenters. The van der Waals surface area contributed by atoms with Crippen molar-refractivity contribution >= 4 is 38.9 Å². The van der Waals surface area contributed by atoms with Crippen LogP contribution in [0.2, 0.25) is 0 Å². The minimum atomic E-state index is -0.0360. The van der Waals surface area contributed by atoms with Crippen molar-refractivity contribution in [2.45, 2.75) is 31.1 Å².